The molecule has 0 saturated carbocycles. The van der Waals surface area contributed by atoms with Crippen LogP contribution in [0.15, 0.2) is 17.5 Å². The normalized spacial score (nSPS) is 22.0. The molecule has 1 N–H and O–H groups in total. The van der Waals surface area contributed by atoms with Gasteiger partial charge in [0.2, 0.25) is 0 Å². The Morgan fingerprint density at radius 3 is 2.70 bits per heavy atom. The highest BCUT2D eigenvalue weighted by atomic mass is 32.1. The fraction of sp³-hybridized carbons (Fsp3) is 0.706. The molecule has 2 aliphatic rings. The number of carbonyl (C=O) groups excluding carboxylic acids is 1. The summed E-state index contributed by atoms with van der Waals surface area (Å²) in [5, 5.41) is 5.26. The molecule has 0 radical (unpaired) electrons. The molecule has 0 bridgehead atoms. The van der Waals surface area contributed by atoms with Crippen LogP contribution in [-0.4, -0.2) is 61.3 Å². The van der Waals surface area contributed by atoms with Crippen LogP contribution in [0.4, 0.5) is 4.79 Å². The molecular weight excluding hydrogens is 310 g/mol. The number of carbonyl (C=O) groups is 1. The van der Waals surface area contributed by atoms with Crippen molar-refractivity contribution in [2.75, 3.05) is 39.4 Å². The second-order valence-electron chi connectivity index (χ2n) is 6.29. The van der Waals surface area contributed by atoms with Crippen molar-refractivity contribution < 1.29 is 9.53 Å². The second-order valence-corrected chi connectivity index (χ2v) is 7.27. The van der Waals surface area contributed by atoms with E-state index in [9.17, 15) is 4.79 Å². The zero-order valence-corrected chi connectivity index (χ0v) is 14.7. The highest BCUT2D eigenvalue weighted by molar-refractivity contribution is 7.10. The molecule has 2 fully saturated rings. The van der Waals surface area contributed by atoms with Gasteiger partial charge in [0.05, 0.1) is 6.04 Å². The lowest BCUT2D eigenvalue weighted by Crippen LogP contribution is -2.55. The lowest BCUT2D eigenvalue weighted by molar-refractivity contribution is 0.0186. The van der Waals surface area contributed by atoms with Crippen LogP contribution in [0.3, 0.4) is 0 Å². The highest BCUT2D eigenvalue weighted by Gasteiger charge is 2.28. The number of piperazine rings is 1. The third-order valence-electron chi connectivity index (χ3n) is 4.90. The van der Waals surface area contributed by atoms with Crippen molar-refractivity contribution in [2.45, 2.75) is 38.3 Å². The summed E-state index contributed by atoms with van der Waals surface area (Å²) in [5.41, 5.74) is 0. The number of hydrogen-bond donors (Lipinski definition) is 1. The van der Waals surface area contributed by atoms with Crippen molar-refractivity contribution >= 4 is 17.4 Å². The summed E-state index contributed by atoms with van der Waals surface area (Å²) < 4.78 is 5.44. The van der Waals surface area contributed by atoms with Crippen LogP contribution < -0.4 is 5.32 Å². The predicted octanol–water partition coefficient (Wildman–Crippen LogP) is 2.71. The van der Waals surface area contributed by atoms with Gasteiger partial charge in [0.25, 0.3) is 0 Å². The Balaban J connectivity index is 1.48. The van der Waals surface area contributed by atoms with E-state index >= 15 is 0 Å². The Kier molecular flexibility index (Phi) is 5.91. The molecule has 1 atom stereocenters. The number of urea groups is 1. The standard InChI is InChI=1S/C17H27N3O2S/c1-2-15(16-4-3-13-23-16)18-17(21)20-9-7-19(8-10-20)14-5-11-22-12-6-14/h3-4,13-15H,2,5-12H2,1H3,(H,18,21)/t15-/m1/s1. The van der Waals surface area contributed by atoms with E-state index < -0.39 is 0 Å². The van der Waals surface area contributed by atoms with E-state index in [1.54, 1.807) is 11.3 Å². The summed E-state index contributed by atoms with van der Waals surface area (Å²) in [5.74, 6) is 0. The van der Waals surface area contributed by atoms with Crippen molar-refractivity contribution in [3.8, 4) is 0 Å². The fourth-order valence-electron chi connectivity index (χ4n) is 3.44. The van der Waals surface area contributed by atoms with Gasteiger partial charge in [-0.15, -0.1) is 11.3 Å². The number of amides is 2. The molecule has 1 aromatic rings. The number of rotatable bonds is 4. The highest BCUT2D eigenvalue weighted by Crippen LogP contribution is 2.22. The van der Waals surface area contributed by atoms with E-state index in [2.05, 4.69) is 28.6 Å². The summed E-state index contributed by atoms with van der Waals surface area (Å²) in [6.07, 6.45) is 3.18. The van der Waals surface area contributed by atoms with Crippen molar-refractivity contribution in [1.29, 1.82) is 0 Å². The topological polar surface area (TPSA) is 44.8 Å². The summed E-state index contributed by atoms with van der Waals surface area (Å²) in [6.45, 7) is 7.48. The van der Waals surface area contributed by atoms with Crippen LogP contribution in [0.25, 0.3) is 0 Å². The lowest BCUT2D eigenvalue weighted by atomic mass is 10.1. The van der Waals surface area contributed by atoms with Gasteiger partial charge in [-0.05, 0) is 30.7 Å². The van der Waals surface area contributed by atoms with Gasteiger partial charge in [0.15, 0.2) is 0 Å². The first-order valence-corrected chi connectivity index (χ1v) is 9.56. The largest absolute Gasteiger partial charge is 0.381 e. The predicted molar refractivity (Wildman–Crippen MR) is 92.9 cm³/mol. The van der Waals surface area contributed by atoms with Crippen LogP contribution in [0.2, 0.25) is 0 Å². The van der Waals surface area contributed by atoms with Crippen LogP contribution in [0.1, 0.15) is 37.1 Å². The van der Waals surface area contributed by atoms with Crippen LogP contribution in [-0.2, 0) is 4.74 Å². The molecule has 5 nitrogen and oxygen atoms in total. The average molecular weight is 337 g/mol. The van der Waals surface area contributed by atoms with E-state index in [0.29, 0.717) is 6.04 Å². The third-order valence-corrected chi connectivity index (χ3v) is 5.89. The number of ether oxygens (including phenoxy) is 1. The molecule has 2 saturated heterocycles. The number of nitrogens with zero attached hydrogens (tertiary/aromatic N) is 2. The van der Waals surface area contributed by atoms with Crippen molar-refractivity contribution in [3.05, 3.63) is 22.4 Å². The van der Waals surface area contributed by atoms with Gasteiger partial charge in [0.1, 0.15) is 0 Å². The van der Waals surface area contributed by atoms with Gasteiger partial charge in [-0.3, -0.25) is 4.90 Å². The van der Waals surface area contributed by atoms with Gasteiger partial charge in [-0.2, -0.15) is 0 Å². The zero-order valence-electron chi connectivity index (χ0n) is 13.9. The SMILES string of the molecule is CC[C@@H](NC(=O)N1CCN(C2CCOCC2)CC1)c1cccs1. The molecule has 128 valence electrons. The van der Waals surface area contributed by atoms with Gasteiger partial charge in [-0.25, -0.2) is 4.79 Å². The number of nitrogens with one attached hydrogen (secondary N) is 1. The van der Waals surface area contributed by atoms with Gasteiger partial charge in [-0.1, -0.05) is 13.0 Å². The molecule has 6 heteroatoms. The smallest absolute Gasteiger partial charge is 0.317 e. The van der Waals surface area contributed by atoms with E-state index in [-0.39, 0.29) is 12.1 Å². The van der Waals surface area contributed by atoms with Gasteiger partial charge in [0, 0.05) is 50.3 Å². The number of hydrogen-bond acceptors (Lipinski definition) is 4. The van der Waals surface area contributed by atoms with Crippen LogP contribution >= 0.6 is 11.3 Å². The second kappa shape index (κ2) is 8.13. The van der Waals surface area contributed by atoms with E-state index in [4.69, 9.17) is 4.74 Å². The Hall–Kier alpha value is -1.11. The first-order valence-electron chi connectivity index (χ1n) is 8.68. The molecular formula is C17H27N3O2S. The van der Waals surface area contributed by atoms with E-state index in [0.717, 1.165) is 58.7 Å². The zero-order chi connectivity index (χ0) is 16.1. The summed E-state index contributed by atoms with van der Waals surface area (Å²) in [6, 6.07) is 5.00. The van der Waals surface area contributed by atoms with Crippen molar-refractivity contribution in [1.82, 2.24) is 15.1 Å². The molecule has 2 amide bonds. The minimum atomic E-state index is 0.0804. The summed E-state index contributed by atoms with van der Waals surface area (Å²) in [7, 11) is 0. The van der Waals surface area contributed by atoms with E-state index in [1.807, 2.05) is 11.0 Å². The third kappa shape index (κ3) is 4.25. The molecule has 0 aromatic carbocycles. The van der Waals surface area contributed by atoms with Crippen molar-refractivity contribution in [3.63, 3.8) is 0 Å². The van der Waals surface area contributed by atoms with Crippen LogP contribution in [0, 0.1) is 0 Å². The molecule has 1 aromatic heterocycles. The molecule has 23 heavy (non-hydrogen) atoms. The number of thiophene rings is 1. The van der Waals surface area contributed by atoms with Crippen molar-refractivity contribution in [2.24, 2.45) is 0 Å². The Morgan fingerprint density at radius 1 is 1.35 bits per heavy atom. The minimum absolute atomic E-state index is 0.0804. The average Bonchev–Trinajstić information content (AvgIpc) is 3.15. The fourth-order valence-corrected chi connectivity index (χ4v) is 4.31. The first-order chi connectivity index (χ1) is 11.3. The molecule has 3 heterocycles. The molecule has 0 unspecified atom stereocenters. The maximum atomic E-state index is 12.5. The monoisotopic (exact) mass is 337 g/mol. The maximum Gasteiger partial charge on any atom is 0.317 e. The molecule has 3 rings (SSSR count). The minimum Gasteiger partial charge on any atom is -0.381 e. The molecule has 2 aliphatic heterocycles. The lowest BCUT2D eigenvalue weighted by Gasteiger charge is -2.40. The summed E-state index contributed by atoms with van der Waals surface area (Å²) in [4.78, 5) is 18.3. The molecule has 0 spiro atoms. The Morgan fingerprint density at radius 2 is 2.09 bits per heavy atom. The summed E-state index contributed by atoms with van der Waals surface area (Å²) >= 11 is 1.71. The Bertz CT molecular complexity index is 480. The maximum absolute atomic E-state index is 12.5. The Labute approximate surface area is 142 Å². The quantitative estimate of drug-likeness (QED) is 0.919. The van der Waals surface area contributed by atoms with Gasteiger partial charge >= 0.3 is 6.03 Å². The van der Waals surface area contributed by atoms with Crippen LogP contribution in [0.5, 0.6) is 0 Å². The first kappa shape index (κ1) is 16.7. The molecule has 0 aliphatic carbocycles. The van der Waals surface area contributed by atoms with E-state index in [1.165, 1.54) is 4.88 Å². The van der Waals surface area contributed by atoms with Gasteiger partial charge < -0.3 is 15.0 Å².